The Balaban J connectivity index is 2.53. The lowest BCUT2D eigenvalue weighted by Crippen LogP contribution is -2.14. The second-order valence-corrected chi connectivity index (χ2v) is 7.93. The molecule has 0 amide bonds. The summed E-state index contributed by atoms with van der Waals surface area (Å²) in [4.78, 5) is 1.48. The Morgan fingerprint density at radius 3 is 2.22 bits per heavy atom. The van der Waals surface area contributed by atoms with E-state index in [9.17, 15) is 0 Å². The Hall–Kier alpha value is -0.820. The van der Waals surface area contributed by atoms with Crippen molar-refractivity contribution in [2.24, 2.45) is 0 Å². The van der Waals surface area contributed by atoms with Crippen molar-refractivity contribution in [3.05, 3.63) is 34.7 Å². The van der Waals surface area contributed by atoms with Crippen LogP contribution in [0.3, 0.4) is 0 Å². The maximum atomic E-state index is 2.39. The number of rotatable bonds is 2. The zero-order valence-corrected chi connectivity index (χ0v) is 13.2. The van der Waals surface area contributed by atoms with Gasteiger partial charge in [-0.25, -0.2) is 0 Å². The molecule has 0 atom stereocenters. The molecule has 0 nitrogen and oxygen atoms in total. The fraction of sp³-hybridized carbons (Fsp3) is 0.529. The number of fused-ring (bicyclic) bond motifs is 1. The van der Waals surface area contributed by atoms with Crippen LogP contribution >= 0.6 is 11.3 Å². The topological polar surface area (TPSA) is 0 Å². The first-order valence-corrected chi connectivity index (χ1v) is 7.60. The minimum Gasteiger partial charge on any atom is -0.140 e. The normalized spacial score (nSPS) is 13.2. The number of hydrogen-bond acceptors (Lipinski definition) is 1. The van der Waals surface area contributed by atoms with E-state index < -0.39 is 0 Å². The van der Waals surface area contributed by atoms with Crippen molar-refractivity contribution < 1.29 is 0 Å². The predicted molar refractivity (Wildman–Crippen MR) is 83.8 cm³/mol. The van der Waals surface area contributed by atoms with E-state index in [1.54, 1.807) is 0 Å². The summed E-state index contributed by atoms with van der Waals surface area (Å²) in [6, 6.07) is 9.32. The monoisotopic (exact) mass is 260 g/mol. The predicted octanol–water partition coefficient (Wildman–Crippen LogP) is 5.89. The average molecular weight is 260 g/mol. The lowest BCUT2D eigenvalue weighted by molar-refractivity contribution is 0.507. The molecule has 0 aliphatic rings. The maximum absolute atomic E-state index is 2.39. The zero-order chi connectivity index (χ0) is 13.6. The molecule has 0 spiro atoms. The SMILES string of the molecule is CCC(C)(C)c1ccc2cc(C(C)(C)C)sc2c1. The third-order valence-corrected chi connectivity index (χ3v) is 5.45. The fourth-order valence-electron chi connectivity index (χ4n) is 2.03. The minimum atomic E-state index is 0.254. The van der Waals surface area contributed by atoms with E-state index >= 15 is 0 Å². The highest BCUT2D eigenvalue weighted by molar-refractivity contribution is 7.19. The second-order valence-electron chi connectivity index (χ2n) is 6.85. The van der Waals surface area contributed by atoms with Gasteiger partial charge in [0.15, 0.2) is 0 Å². The third-order valence-electron chi connectivity index (χ3n) is 3.92. The van der Waals surface area contributed by atoms with Crippen molar-refractivity contribution in [3.8, 4) is 0 Å². The van der Waals surface area contributed by atoms with Crippen LogP contribution in [-0.4, -0.2) is 0 Å². The van der Waals surface area contributed by atoms with E-state index in [2.05, 4.69) is 65.8 Å². The molecule has 0 radical (unpaired) electrons. The highest BCUT2D eigenvalue weighted by atomic mass is 32.1. The largest absolute Gasteiger partial charge is 0.140 e. The molecular weight excluding hydrogens is 236 g/mol. The number of benzene rings is 1. The van der Waals surface area contributed by atoms with Gasteiger partial charge in [0.25, 0.3) is 0 Å². The molecule has 0 bridgehead atoms. The Labute approximate surface area is 115 Å². The quantitative estimate of drug-likeness (QED) is 0.632. The standard InChI is InChI=1S/C17H24S/c1-7-17(5,6)13-9-8-12-10-15(16(2,3)4)18-14(12)11-13/h8-11H,7H2,1-6H3. The van der Waals surface area contributed by atoms with Crippen molar-refractivity contribution in [2.45, 2.75) is 58.8 Å². The van der Waals surface area contributed by atoms with E-state index in [1.165, 1.54) is 26.9 Å². The molecule has 2 aromatic rings. The highest BCUT2D eigenvalue weighted by Gasteiger charge is 2.20. The minimum absolute atomic E-state index is 0.254. The van der Waals surface area contributed by atoms with Gasteiger partial charge in [0.2, 0.25) is 0 Å². The smallest absolute Gasteiger partial charge is 0.0348 e. The van der Waals surface area contributed by atoms with Gasteiger partial charge in [0.1, 0.15) is 0 Å². The van der Waals surface area contributed by atoms with E-state index in [0.717, 1.165) is 0 Å². The van der Waals surface area contributed by atoms with Crippen LogP contribution in [0, 0.1) is 0 Å². The van der Waals surface area contributed by atoms with Crippen LogP contribution in [0.1, 0.15) is 58.4 Å². The van der Waals surface area contributed by atoms with Crippen molar-refractivity contribution in [1.82, 2.24) is 0 Å². The van der Waals surface area contributed by atoms with Crippen LogP contribution < -0.4 is 0 Å². The van der Waals surface area contributed by atoms with Crippen LogP contribution in [0.15, 0.2) is 24.3 Å². The summed E-state index contributed by atoms with van der Waals surface area (Å²) in [5.41, 5.74) is 1.99. The van der Waals surface area contributed by atoms with Crippen LogP contribution in [0.2, 0.25) is 0 Å². The van der Waals surface area contributed by atoms with Crippen LogP contribution in [-0.2, 0) is 10.8 Å². The molecule has 0 fully saturated rings. The first kappa shape index (κ1) is 13.6. The highest BCUT2D eigenvalue weighted by Crippen LogP contribution is 2.37. The molecule has 0 N–H and O–H groups in total. The summed E-state index contributed by atoms with van der Waals surface area (Å²) in [5, 5.41) is 1.39. The summed E-state index contributed by atoms with van der Waals surface area (Å²) in [6.07, 6.45) is 1.18. The summed E-state index contributed by atoms with van der Waals surface area (Å²) in [6.45, 7) is 13.8. The zero-order valence-electron chi connectivity index (χ0n) is 12.4. The molecule has 0 saturated carbocycles. The molecule has 0 aliphatic heterocycles. The molecule has 1 heterocycles. The Morgan fingerprint density at radius 2 is 1.67 bits per heavy atom. The Morgan fingerprint density at radius 1 is 1.00 bits per heavy atom. The molecule has 2 rings (SSSR count). The molecular formula is C17H24S. The molecule has 0 unspecified atom stereocenters. The first-order valence-electron chi connectivity index (χ1n) is 6.78. The van der Waals surface area contributed by atoms with E-state index in [0.29, 0.717) is 0 Å². The molecule has 1 aromatic heterocycles. The molecule has 18 heavy (non-hydrogen) atoms. The molecule has 1 aromatic carbocycles. The van der Waals surface area contributed by atoms with Gasteiger partial charge in [-0.15, -0.1) is 11.3 Å². The van der Waals surface area contributed by atoms with Crippen molar-refractivity contribution in [3.63, 3.8) is 0 Å². The van der Waals surface area contributed by atoms with E-state index in [1.807, 2.05) is 11.3 Å². The van der Waals surface area contributed by atoms with Gasteiger partial charge < -0.3 is 0 Å². The van der Waals surface area contributed by atoms with E-state index in [4.69, 9.17) is 0 Å². The van der Waals surface area contributed by atoms with Crippen LogP contribution in [0.4, 0.5) is 0 Å². The first-order chi connectivity index (χ1) is 8.24. The van der Waals surface area contributed by atoms with Crippen molar-refractivity contribution in [1.29, 1.82) is 0 Å². The molecule has 1 heteroatoms. The van der Waals surface area contributed by atoms with Gasteiger partial charge >= 0.3 is 0 Å². The number of hydrogen-bond donors (Lipinski definition) is 0. The molecule has 98 valence electrons. The van der Waals surface area contributed by atoms with Gasteiger partial charge in [0, 0.05) is 9.58 Å². The van der Waals surface area contributed by atoms with Crippen molar-refractivity contribution >= 4 is 21.4 Å². The second kappa shape index (κ2) is 4.38. The van der Waals surface area contributed by atoms with Gasteiger partial charge in [-0.2, -0.15) is 0 Å². The summed E-state index contributed by atoms with van der Waals surface area (Å²) in [7, 11) is 0. The summed E-state index contributed by atoms with van der Waals surface area (Å²) >= 11 is 1.94. The Kier molecular flexibility index (Phi) is 3.31. The Bertz CT molecular complexity index is 552. The van der Waals surface area contributed by atoms with Gasteiger partial charge in [-0.3, -0.25) is 0 Å². The lowest BCUT2D eigenvalue weighted by atomic mass is 9.82. The van der Waals surface area contributed by atoms with Crippen molar-refractivity contribution in [2.75, 3.05) is 0 Å². The summed E-state index contributed by atoms with van der Waals surface area (Å²) < 4.78 is 1.43. The third kappa shape index (κ3) is 2.47. The fourth-order valence-corrected chi connectivity index (χ4v) is 3.19. The number of thiophene rings is 1. The lowest BCUT2D eigenvalue weighted by Gasteiger charge is -2.23. The molecule has 0 aliphatic carbocycles. The summed E-state index contributed by atoms with van der Waals surface area (Å²) in [5.74, 6) is 0. The average Bonchev–Trinajstić information content (AvgIpc) is 2.71. The van der Waals surface area contributed by atoms with Gasteiger partial charge in [-0.05, 0) is 40.3 Å². The van der Waals surface area contributed by atoms with E-state index in [-0.39, 0.29) is 10.8 Å². The van der Waals surface area contributed by atoms with Crippen LogP contribution in [0.5, 0.6) is 0 Å². The van der Waals surface area contributed by atoms with Gasteiger partial charge in [0.05, 0.1) is 0 Å². The van der Waals surface area contributed by atoms with Crippen LogP contribution in [0.25, 0.3) is 10.1 Å². The maximum Gasteiger partial charge on any atom is 0.0348 e. The van der Waals surface area contributed by atoms with Gasteiger partial charge in [-0.1, -0.05) is 53.7 Å². The molecule has 0 saturated heterocycles.